The van der Waals surface area contributed by atoms with E-state index in [1.165, 1.54) is 0 Å². The van der Waals surface area contributed by atoms with Gasteiger partial charge >= 0.3 is 5.97 Å². The first kappa shape index (κ1) is 17.5. The number of carbonyl (C=O) groups excluding carboxylic acids is 1. The average Bonchev–Trinajstić information content (AvgIpc) is 3.24. The van der Waals surface area contributed by atoms with Crippen molar-refractivity contribution >= 4 is 22.8 Å². The van der Waals surface area contributed by atoms with Crippen LogP contribution in [0.15, 0.2) is 30.3 Å². The van der Waals surface area contributed by atoms with E-state index in [0.717, 1.165) is 23.7 Å². The fourth-order valence-corrected chi connectivity index (χ4v) is 3.43. The Morgan fingerprint density at radius 3 is 2.84 bits per heavy atom. The van der Waals surface area contributed by atoms with E-state index in [-0.39, 0.29) is 25.0 Å². The fourth-order valence-electron chi connectivity index (χ4n) is 3.43. The molecular formula is C19H24N2O4. The lowest BCUT2D eigenvalue weighted by Crippen LogP contribution is -2.39. The highest BCUT2D eigenvalue weighted by Crippen LogP contribution is 2.22. The summed E-state index contributed by atoms with van der Waals surface area (Å²) in [5.74, 6) is -1.03. The van der Waals surface area contributed by atoms with Crippen LogP contribution in [0.3, 0.4) is 0 Å². The minimum Gasteiger partial charge on any atom is -0.481 e. The Labute approximate surface area is 147 Å². The van der Waals surface area contributed by atoms with E-state index in [4.69, 9.17) is 9.84 Å². The van der Waals surface area contributed by atoms with Gasteiger partial charge in [-0.2, -0.15) is 0 Å². The predicted molar refractivity (Wildman–Crippen MR) is 94.7 cm³/mol. The van der Waals surface area contributed by atoms with Crippen molar-refractivity contribution in [3.63, 3.8) is 0 Å². The number of fused-ring (bicyclic) bond motifs is 1. The van der Waals surface area contributed by atoms with Gasteiger partial charge in [0.05, 0.1) is 12.5 Å². The van der Waals surface area contributed by atoms with Gasteiger partial charge in [0.25, 0.3) is 5.91 Å². The molecule has 2 heterocycles. The summed E-state index contributed by atoms with van der Waals surface area (Å²) in [7, 11) is 0. The third-order valence-corrected chi connectivity index (χ3v) is 4.68. The minimum atomic E-state index is -0.902. The van der Waals surface area contributed by atoms with Crippen molar-refractivity contribution in [1.29, 1.82) is 0 Å². The Morgan fingerprint density at radius 2 is 2.16 bits per heavy atom. The smallest absolute Gasteiger partial charge is 0.305 e. The third kappa shape index (κ3) is 3.85. The molecule has 0 unspecified atom stereocenters. The fraction of sp³-hybridized carbons (Fsp3) is 0.474. The van der Waals surface area contributed by atoms with E-state index < -0.39 is 5.97 Å². The van der Waals surface area contributed by atoms with Gasteiger partial charge in [0.1, 0.15) is 5.69 Å². The van der Waals surface area contributed by atoms with Crippen molar-refractivity contribution < 1.29 is 19.4 Å². The first-order valence-corrected chi connectivity index (χ1v) is 8.81. The Hall–Kier alpha value is -2.34. The second kappa shape index (κ2) is 7.70. The number of carboxylic acids is 1. The monoisotopic (exact) mass is 344 g/mol. The van der Waals surface area contributed by atoms with E-state index in [0.29, 0.717) is 25.4 Å². The summed E-state index contributed by atoms with van der Waals surface area (Å²) in [4.78, 5) is 25.8. The van der Waals surface area contributed by atoms with Gasteiger partial charge in [-0.15, -0.1) is 0 Å². The van der Waals surface area contributed by atoms with Crippen LogP contribution in [0.5, 0.6) is 0 Å². The van der Waals surface area contributed by atoms with E-state index >= 15 is 0 Å². The summed E-state index contributed by atoms with van der Waals surface area (Å²) < 4.78 is 7.63. The Bertz CT molecular complexity index is 762. The molecule has 25 heavy (non-hydrogen) atoms. The van der Waals surface area contributed by atoms with Gasteiger partial charge in [-0.05, 0) is 31.9 Å². The van der Waals surface area contributed by atoms with Gasteiger partial charge in [0, 0.05) is 37.1 Å². The molecule has 6 nitrogen and oxygen atoms in total. The highest BCUT2D eigenvalue weighted by atomic mass is 16.5. The largest absolute Gasteiger partial charge is 0.481 e. The third-order valence-electron chi connectivity index (χ3n) is 4.68. The van der Waals surface area contributed by atoms with Crippen molar-refractivity contribution in [3.05, 3.63) is 36.0 Å². The number of carbonyl (C=O) groups is 2. The van der Waals surface area contributed by atoms with Crippen molar-refractivity contribution in [3.8, 4) is 0 Å². The Morgan fingerprint density at radius 1 is 1.36 bits per heavy atom. The second-order valence-corrected chi connectivity index (χ2v) is 6.36. The zero-order chi connectivity index (χ0) is 17.8. The lowest BCUT2D eigenvalue weighted by molar-refractivity contribution is -0.137. The molecule has 1 amide bonds. The number of hydrogen-bond acceptors (Lipinski definition) is 3. The molecule has 1 aliphatic heterocycles. The number of ether oxygens (including phenoxy) is 1. The molecule has 1 atom stereocenters. The van der Waals surface area contributed by atoms with Crippen LogP contribution in [0.1, 0.15) is 36.7 Å². The molecule has 0 spiro atoms. The highest BCUT2D eigenvalue weighted by Gasteiger charge is 2.26. The first-order chi connectivity index (χ1) is 12.1. The van der Waals surface area contributed by atoms with Crippen LogP contribution in [0.2, 0.25) is 0 Å². The van der Waals surface area contributed by atoms with Gasteiger partial charge in [-0.3, -0.25) is 9.59 Å². The number of amides is 1. The number of nitrogens with zero attached hydrogens (tertiary/aromatic N) is 2. The van der Waals surface area contributed by atoms with Gasteiger partial charge in [0.2, 0.25) is 0 Å². The van der Waals surface area contributed by atoms with Crippen molar-refractivity contribution in [2.45, 2.75) is 38.8 Å². The number of benzene rings is 1. The lowest BCUT2D eigenvalue weighted by Gasteiger charge is -2.25. The molecule has 3 rings (SSSR count). The second-order valence-electron chi connectivity index (χ2n) is 6.36. The number of hydrogen-bond donors (Lipinski definition) is 1. The number of carboxylic acid groups (broad SMARTS) is 1. The normalized spacial score (nSPS) is 17.1. The maximum atomic E-state index is 13.2. The van der Waals surface area contributed by atoms with E-state index in [2.05, 4.69) is 0 Å². The SMILES string of the molecule is CCn1c(C(=O)N(CCC(=O)O)C[C@@H]2CCCO2)cc2ccccc21. The lowest BCUT2D eigenvalue weighted by atomic mass is 10.2. The van der Waals surface area contributed by atoms with Crippen LogP contribution in [0, 0.1) is 0 Å². The summed E-state index contributed by atoms with van der Waals surface area (Å²) in [5.41, 5.74) is 1.62. The van der Waals surface area contributed by atoms with Crippen molar-refractivity contribution in [2.75, 3.05) is 19.7 Å². The molecule has 1 fully saturated rings. The van der Waals surface area contributed by atoms with Crippen LogP contribution in [-0.2, 0) is 16.1 Å². The molecule has 1 saturated heterocycles. The van der Waals surface area contributed by atoms with Gasteiger partial charge in [0.15, 0.2) is 0 Å². The quantitative estimate of drug-likeness (QED) is 0.838. The zero-order valence-corrected chi connectivity index (χ0v) is 14.5. The molecule has 6 heteroatoms. The molecule has 1 N–H and O–H groups in total. The van der Waals surface area contributed by atoms with E-state index in [1.54, 1.807) is 4.90 Å². The van der Waals surface area contributed by atoms with Crippen LogP contribution >= 0.6 is 0 Å². The Kier molecular flexibility index (Phi) is 5.38. The number of aliphatic carboxylic acids is 1. The molecule has 0 aliphatic carbocycles. The van der Waals surface area contributed by atoms with E-state index in [9.17, 15) is 9.59 Å². The molecule has 1 aromatic heterocycles. The zero-order valence-electron chi connectivity index (χ0n) is 14.5. The van der Waals surface area contributed by atoms with Crippen LogP contribution in [0.4, 0.5) is 0 Å². The van der Waals surface area contributed by atoms with Crippen LogP contribution in [0.25, 0.3) is 10.9 Å². The summed E-state index contributed by atoms with van der Waals surface area (Å²) in [6.45, 7) is 4.03. The molecule has 0 bridgehead atoms. The first-order valence-electron chi connectivity index (χ1n) is 8.81. The maximum absolute atomic E-state index is 13.2. The van der Waals surface area contributed by atoms with Crippen LogP contribution < -0.4 is 0 Å². The molecule has 2 aromatic rings. The summed E-state index contributed by atoms with van der Waals surface area (Å²) in [5, 5.41) is 10.0. The molecule has 0 radical (unpaired) electrons. The number of rotatable bonds is 7. The minimum absolute atomic E-state index is 0.00259. The van der Waals surface area contributed by atoms with Gasteiger partial charge in [-0.1, -0.05) is 18.2 Å². The van der Waals surface area contributed by atoms with E-state index in [1.807, 2.05) is 41.8 Å². The van der Waals surface area contributed by atoms with Gasteiger partial charge in [-0.25, -0.2) is 0 Å². The summed E-state index contributed by atoms with van der Waals surface area (Å²) in [6, 6.07) is 9.78. The highest BCUT2D eigenvalue weighted by molar-refractivity contribution is 5.99. The average molecular weight is 344 g/mol. The number of para-hydroxylation sites is 1. The van der Waals surface area contributed by atoms with Crippen LogP contribution in [-0.4, -0.2) is 52.3 Å². The van der Waals surface area contributed by atoms with Gasteiger partial charge < -0.3 is 19.3 Å². The topological polar surface area (TPSA) is 71.8 Å². The molecule has 1 aliphatic rings. The molecular weight excluding hydrogens is 320 g/mol. The Balaban J connectivity index is 1.88. The predicted octanol–water partition coefficient (Wildman–Crippen LogP) is 2.76. The standard InChI is InChI=1S/C19H24N2O4/c1-2-21-16-8-4-3-6-14(16)12-17(21)19(24)20(10-9-18(22)23)13-15-7-5-11-25-15/h3-4,6,8,12,15H,2,5,7,9-11,13H2,1H3,(H,22,23)/t15-/m0/s1. The van der Waals surface area contributed by atoms with Crippen molar-refractivity contribution in [1.82, 2.24) is 9.47 Å². The maximum Gasteiger partial charge on any atom is 0.305 e. The number of aryl methyl sites for hydroxylation is 1. The molecule has 1 aromatic carbocycles. The molecule has 0 saturated carbocycles. The summed E-state index contributed by atoms with van der Waals surface area (Å²) in [6.07, 6.45) is 1.83. The number of aromatic nitrogens is 1. The summed E-state index contributed by atoms with van der Waals surface area (Å²) >= 11 is 0. The van der Waals surface area contributed by atoms with Crippen molar-refractivity contribution in [2.24, 2.45) is 0 Å². The molecule has 134 valence electrons.